The Labute approximate surface area is 217 Å². The lowest BCUT2D eigenvalue weighted by Crippen LogP contribution is -2.39. The van der Waals surface area contributed by atoms with Crippen molar-refractivity contribution in [2.24, 2.45) is 17.0 Å². The second-order valence-corrected chi connectivity index (χ2v) is 20.6. The highest BCUT2D eigenvalue weighted by atomic mass is 28.4. The highest BCUT2D eigenvalue weighted by Gasteiger charge is 2.31. The predicted molar refractivity (Wildman–Crippen MR) is 154 cm³/mol. The van der Waals surface area contributed by atoms with Crippen LogP contribution in [-0.2, 0) is 18.5 Å². The van der Waals surface area contributed by atoms with Crippen molar-refractivity contribution >= 4 is 28.3 Å². The average molecular weight is 522 g/mol. The maximum Gasteiger partial charge on any atom is 0.292 e. The highest BCUT2D eigenvalue weighted by molar-refractivity contribution is 6.71. The number of oxime groups is 1. The molecule has 0 heterocycles. The average Bonchev–Trinajstić information content (AvgIpc) is 3.08. The van der Waals surface area contributed by atoms with Crippen molar-refractivity contribution in [3.8, 4) is 0 Å². The van der Waals surface area contributed by atoms with E-state index in [4.69, 9.17) is 13.7 Å². The van der Waals surface area contributed by atoms with E-state index in [1.165, 1.54) is 19.3 Å². The fraction of sp³-hybridized carbons (Fsp3) is 0.714. The molecule has 200 valence electrons. The van der Waals surface area contributed by atoms with Gasteiger partial charge >= 0.3 is 0 Å². The van der Waals surface area contributed by atoms with Crippen LogP contribution in [0, 0.1) is 11.8 Å². The van der Waals surface area contributed by atoms with Crippen LogP contribution in [0.5, 0.6) is 0 Å². The number of allylic oxidation sites excluding steroid dienone is 5. The molecule has 0 fully saturated rings. The van der Waals surface area contributed by atoms with Gasteiger partial charge in [0, 0.05) is 18.3 Å². The number of nitrogens with zero attached hydrogens (tertiary/aromatic N) is 1. The maximum absolute atomic E-state index is 11.9. The van der Waals surface area contributed by atoms with E-state index < -0.39 is 16.6 Å². The quantitative estimate of drug-likeness (QED) is 0.0892. The van der Waals surface area contributed by atoms with Crippen LogP contribution in [0.15, 0.2) is 41.6 Å². The molecule has 0 aromatic carbocycles. The van der Waals surface area contributed by atoms with Crippen LogP contribution >= 0.6 is 0 Å². The molecule has 0 N–H and O–H groups in total. The summed E-state index contributed by atoms with van der Waals surface area (Å²) in [4.78, 5) is 17.0. The van der Waals surface area contributed by atoms with Crippen LogP contribution in [0.2, 0.25) is 39.3 Å². The molecule has 0 aliphatic heterocycles. The van der Waals surface area contributed by atoms with Gasteiger partial charge in [0.25, 0.3) is 5.97 Å². The summed E-state index contributed by atoms with van der Waals surface area (Å²) in [6.07, 6.45) is 21.0. The van der Waals surface area contributed by atoms with Gasteiger partial charge in [-0.25, -0.2) is 0 Å². The molecule has 5 nitrogen and oxygen atoms in total. The van der Waals surface area contributed by atoms with Gasteiger partial charge in [0.05, 0.1) is 11.3 Å². The number of unbranched alkanes of at least 4 members (excludes halogenated alkanes) is 3. The summed E-state index contributed by atoms with van der Waals surface area (Å²) in [5.41, 5.74) is 0.740. The number of carbonyl (C=O) groups is 1. The summed E-state index contributed by atoms with van der Waals surface area (Å²) < 4.78 is 12.2. The third-order valence-corrected chi connectivity index (χ3v) is 7.66. The van der Waals surface area contributed by atoms with E-state index in [9.17, 15) is 4.79 Å². The minimum absolute atomic E-state index is 0.0696. The van der Waals surface area contributed by atoms with Crippen molar-refractivity contribution < 1.29 is 18.5 Å². The zero-order chi connectivity index (χ0) is 26.5. The molecule has 7 heteroatoms. The van der Waals surface area contributed by atoms with E-state index in [0.29, 0.717) is 6.42 Å². The number of hydrogen-bond acceptors (Lipinski definition) is 5. The SMILES string of the molecule is CCCCC[C@@](C)(/C=C/[C@H]1C=CC(=NOC)[C@@H]1C/C=C\CCCC(=O)O[Si](C)(C)C)O[Si](C)(C)C. The molecule has 1 aliphatic rings. The molecular weight excluding hydrogens is 470 g/mol. The number of carbonyl (C=O) groups excluding carboxylic acids is 1. The zero-order valence-electron chi connectivity index (χ0n) is 23.9. The minimum atomic E-state index is -1.79. The van der Waals surface area contributed by atoms with Gasteiger partial charge in [0.15, 0.2) is 8.32 Å². The van der Waals surface area contributed by atoms with Crippen LogP contribution in [0.25, 0.3) is 0 Å². The Morgan fingerprint density at radius 3 is 2.40 bits per heavy atom. The molecule has 1 rings (SSSR count). The number of rotatable bonds is 16. The first-order valence-corrected chi connectivity index (χ1v) is 20.2. The molecule has 0 saturated carbocycles. The van der Waals surface area contributed by atoms with Gasteiger partial charge in [-0.2, -0.15) is 0 Å². The summed E-state index contributed by atoms with van der Waals surface area (Å²) in [5, 5.41) is 4.27. The van der Waals surface area contributed by atoms with Gasteiger partial charge in [-0.1, -0.05) is 61.7 Å². The first-order valence-electron chi connectivity index (χ1n) is 13.3. The smallest absolute Gasteiger partial charge is 0.292 e. The largest absolute Gasteiger partial charge is 0.520 e. The highest BCUT2D eigenvalue weighted by Crippen LogP contribution is 2.32. The molecule has 0 amide bonds. The summed E-state index contributed by atoms with van der Waals surface area (Å²) in [7, 11) is -1.88. The Kier molecular flexibility index (Phi) is 13.5. The molecule has 0 bridgehead atoms. The molecule has 0 spiro atoms. The van der Waals surface area contributed by atoms with Crippen molar-refractivity contribution in [3.63, 3.8) is 0 Å². The molecule has 0 unspecified atom stereocenters. The van der Waals surface area contributed by atoms with E-state index in [-0.39, 0.29) is 23.4 Å². The molecule has 0 aromatic rings. The fourth-order valence-electron chi connectivity index (χ4n) is 4.37. The predicted octanol–water partition coefficient (Wildman–Crippen LogP) is 8.03. The molecule has 35 heavy (non-hydrogen) atoms. The Morgan fingerprint density at radius 1 is 1.09 bits per heavy atom. The van der Waals surface area contributed by atoms with E-state index in [1.807, 2.05) is 19.6 Å². The van der Waals surface area contributed by atoms with Crippen LogP contribution in [0.4, 0.5) is 0 Å². The third-order valence-electron chi connectivity index (χ3n) is 5.75. The topological polar surface area (TPSA) is 57.1 Å². The van der Waals surface area contributed by atoms with E-state index >= 15 is 0 Å². The van der Waals surface area contributed by atoms with Gasteiger partial charge in [-0.3, -0.25) is 4.79 Å². The summed E-state index contributed by atoms with van der Waals surface area (Å²) in [6.45, 7) is 17.4. The maximum atomic E-state index is 11.9. The third kappa shape index (κ3) is 14.0. The van der Waals surface area contributed by atoms with Crippen LogP contribution < -0.4 is 0 Å². The van der Waals surface area contributed by atoms with Crippen molar-refractivity contribution in [3.05, 3.63) is 36.5 Å². The molecule has 0 saturated heterocycles. The molecule has 3 atom stereocenters. The van der Waals surface area contributed by atoms with Crippen molar-refractivity contribution in [1.29, 1.82) is 0 Å². The molecule has 1 aliphatic carbocycles. The Morgan fingerprint density at radius 2 is 1.80 bits per heavy atom. The molecule has 0 aromatic heterocycles. The monoisotopic (exact) mass is 521 g/mol. The van der Waals surface area contributed by atoms with Gasteiger partial charge in [0.1, 0.15) is 7.11 Å². The van der Waals surface area contributed by atoms with Crippen LogP contribution in [0.1, 0.15) is 65.2 Å². The van der Waals surface area contributed by atoms with Crippen molar-refractivity contribution in [2.45, 2.75) is 110 Å². The lowest BCUT2D eigenvalue weighted by molar-refractivity contribution is -0.135. The molecule has 0 radical (unpaired) electrons. The van der Waals surface area contributed by atoms with Gasteiger partial charge in [-0.15, -0.1) is 0 Å². The second kappa shape index (κ2) is 15.0. The van der Waals surface area contributed by atoms with E-state index in [1.54, 1.807) is 7.11 Å². The van der Waals surface area contributed by atoms with Gasteiger partial charge < -0.3 is 13.7 Å². The van der Waals surface area contributed by atoms with Gasteiger partial charge in [-0.05, 0) is 78.0 Å². The van der Waals surface area contributed by atoms with Gasteiger partial charge in [0.2, 0.25) is 8.32 Å². The normalized spacial score (nSPS) is 21.8. The van der Waals surface area contributed by atoms with E-state index in [0.717, 1.165) is 31.4 Å². The lowest BCUT2D eigenvalue weighted by atomic mass is 9.88. The lowest BCUT2D eigenvalue weighted by Gasteiger charge is -2.34. The van der Waals surface area contributed by atoms with Crippen LogP contribution in [0.3, 0.4) is 0 Å². The minimum Gasteiger partial charge on any atom is -0.520 e. The summed E-state index contributed by atoms with van der Waals surface area (Å²) in [6, 6.07) is 0. The Balaban J connectivity index is 2.78. The zero-order valence-corrected chi connectivity index (χ0v) is 25.9. The number of hydrogen-bond donors (Lipinski definition) is 0. The Hall–Kier alpha value is -1.45. The van der Waals surface area contributed by atoms with Crippen molar-refractivity contribution in [2.75, 3.05) is 7.11 Å². The summed E-state index contributed by atoms with van der Waals surface area (Å²) >= 11 is 0. The second-order valence-electron chi connectivity index (χ2n) is 11.8. The van der Waals surface area contributed by atoms with Crippen molar-refractivity contribution in [1.82, 2.24) is 0 Å². The Bertz CT molecular complexity index is 762. The fourth-order valence-corrected chi connectivity index (χ4v) is 6.72. The molecular formula is C28H51NO4Si2. The summed E-state index contributed by atoms with van der Waals surface area (Å²) in [5.74, 6) is 0.432. The first kappa shape index (κ1) is 31.6. The standard InChI is InChI=1S/C28H51NO4Si2/c1-10-11-16-22-28(2,33-35(7,8)9)23-21-24-19-20-26(29-31-3)25(24)17-14-12-13-15-18-27(30)32-34(4,5)6/h12,14,19-21,23-25H,10-11,13,15-18,22H2,1-9H3/b14-12-,23-21+,29-26?/t24-,25-,28+/m1/s1. The van der Waals surface area contributed by atoms with E-state index in [2.05, 4.69) is 75.1 Å². The first-order chi connectivity index (χ1) is 16.3. The van der Waals surface area contributed by atoms with Crippen LogP contribution in [-0.4, -0.2) is 41.0 Å².